The first-order valence-corrected chi connectivity index (χ1v) is 8.68. The van der Waals surface area contributed by atoms with Gasteiger partial charge in [-0.25, -0.2) is 4.79 Å². The molecule has 0 saturated heterocycles. The van der Waals surface area contributed by atoms with Crippen molar-refractivity contribution >= 4 is 5.97 Å². The summed E-state index contributed by atoms with van der Waals surface area (Å²) >= 11 is 0. The quantitative estimate of drug-likeness (QED) is 0.532. The number of carbonyl (C=O) groups is 1. The van der Waals surface area contributed by atoms with E-state index < -0.39 is 5.97 Å². The van der Waals surface area contributed by atoms with Gasteiger partial charge in [0.05, 0.1) is 7.11 Å². The average molecular weight is 366 g/mol. The van der Waals surface area contributed by atoms with E-state index in [9.17, 15) is 9.90 Å². The molecule has 136 valence electrons. The van der Waals surface area contributed by atoms with Gasteiger partial charge in [0, 0.05) is 22.6 Å². The summed E-state index contributed by atoms with van der Waals surface area (Å²) in [5, 5.41) is 10.2. The lowest BCUT2D eigenvalue weighted by atomic mass is 9.92. The van der Waals surface area contributed by atoms with E-state index in [0.717, 1.165) is 27.8 Å². The molecule has 0 radical (unpaired) electrons. The average Bonchev–Trinajstić information content (AvgIpc) is 2.73. The Labute approximate surface area is 164 Å². The maximum Gasteiger partial charge on any atom is 0.384 e. The SMILES string of the molecule is CC#Cc1ccccc1-c1cc(-c2ccccc2O)ccc1C#CC(=O)OC. The van der Waals surface area contributed by atoms with Gasteiger partial charge < -0.3 is 9.84 Å². The number of carbonyl (C=O) groups excluding carboxylic acids is 1. The lowest BCUT2D eigenvalue weighted by Crippen LogP contribution is -1.95. The second-order valence-electron chi connectivity index (χ2n) is 5.94. The van der Waals surface area contributed by atoms with Gasteiger partial charge in [0.15, 0.2) is 0 Å². The van der Waals surface area contributed by atoms with Gasteiger partial charge in [0.25, 0.3) is 0 Å². The lowest BCUT2D eigenvalue weighted by Gasteiger charge is -2.12. The Morgan fingerprint density at radius 2 is 1.54 bits per heavy atom. The van der Waals surface area contributed by atoms with Crippen LogP contribution in [0.25, 0.3) is 22.3 Å². The third-order valence-electron chi connectivity index (χ3n) is 4.20. The van der Waals surface area contributed by atoms with Crippen LogP contribution in [0.1, 0.15) is 18.1 Å². The van der Waals surface area contributed by atoms with Crippen molar-refractivity contribution in [3.05, 3.63) is 77.9 Å². The van der Waals surface area contributed by atoms with Crippen molar-refractivity contribution in [1.82, 2.24) is 0 Å². The first-order valence-electron chi connectivity index (χ1n) is 8.68. The summed E-state index contributed by atoms with van der Waals surface area (Å²) in [7, 11) is 1.30. The molecule has 0 aliphatic heterocycles. The van der Waals surface area contributed by atoms with Gasteiger partial charge in [-0.3, -0.25) is 0 Å². The van der Waals surface area contributed by atoms with Gasteiger partial charge in [0.1, 0.15) is 5.75 Å². The summed E-state index contributed by atoms with van der Waals surface area (Å²) < 4.78 is 4.62. The Balaban J connectivity index is 2.25. The fourth-order valence-electron chi connectivity index (χ4n) is 2.89. The van der Waals surface area contributed by atoms with Crippen LogP contribution < -0.4 is 0 Å². The van der Waals surface area contributed by atoms with E-state index >= 15 is 0 Å². The topological polar surface area (TPSA) is 46.5 Å². The molecule has 3 aromatic carbocycles. The van der Waals surface area contributed by atoms with Gasteiger partial charge in [-0.05, 0) is 47.9 Å². The normalized spacial score (nSPS) is 9.50. The monoisotopic (exact) mass is 366 g/mol. The van der Waals surface area contributed by atoms with Crippen molar-refractivity contribution in [2.45, 2.75) is 6.92 Å². The molecule has 0 unspecified atom stereocenters. The van der Waals surface area contributed by atoms with E-state index in [1.165, 1.54) is 7.11 Å². The highest BCUT2D eigenvalue weighted by atomic mass is 16.5. The standard InChI is InChI=1S/C25H18O3/c1-3-8-18-9-4-5-10-21(18)23-17-20(22-11-6-7-12-24(22)26)14-13-19(23)15-16-25(27)28-2/h4-7,9-14,17,26H,1-2H3. The molecule has 3 heteroatoms. The second-order valence-corrected chi connectivity index (χ2v) is 5.94. The number of methoxy groups -OCH3 is 1. The summed E-state index contributed by atoms with van der Waals surface area (Å²) in [5.74, 6) is 11.0. The minimum Gasteiger partial charge on any atom is -0.507 e. The molecule has 1 N–H and O–H groups in total. The van der Waals surface area contributed by atoms with Crippen molar-refractivity contribution in [1.29, 1.82) is 0 Å². The van der Waals surface area contributed by atoms with Gasteiger partial charge >= 0.3 is 5.97 Å². The first-order chi connectivity index (χ1) is 13.6. The van der Waals surface area contributed by atoms with Crippen molar-refractivity contribution < 1.29 is 14.6 Å². The van der Waals surface area contributed by atoms with Crippen molar-refractivity contribution in [2.75, 3.05) is 7.11 Å². The number of esters is 1. The summed E-state index contributed by atoms with van der Waals surface area (Å²) in [6.07, 6.45) is 0. The summed E-state index contributed by atoms with van der Waals surface area (Å²) in [5.41, 5.74) is 4.83. The third kappa shape index (κ3) is 4.06. The summed E-state index contributed by atoms with van der Waals surface area (Å²) in [6.45, 7) is 1.78. The molecule has 3 nitrogen and oxygen atoms in total. The Kier molecular flexibility index (Phi) is 5.80. The molecule has 0 aromatic heterocycles. The van der Waals surface area contributed by atoms with Gasteiger partial charge in [-0.1, -0.05) is 54.3 Å². The van der Waals surface area contributed by atoms with Crippen LogP contribution in [-0.4, -0.2) is 18.2 Å². The molecule has 0 spiro atoms. The molecule has 0 fully saturated rings. The highest BCUT2D eigenvalue weighted by Gasteiger charge is 2.11. The fraction of sp³-hybridized carbons (Fsp3) is 0.0800. The number of phenols is 1. The minimum absolute atomic E-state index is 0.198. The predicted molar refractivity (Wildman–Crippen MR) is 110 cm³/mol. The molecule has 3 rings (SSSR count). The number of hydrogen-bond donors (Lipinski definition) is 1. The Hall–Kier alpha value is -3.95. The maximum absolute atomic E-state index is 11.5. The van der Waals surface area contributed by atoms with E-state index in [1.807, 2.05) is 54.6 Å². The number of para-hydroxylation sites is 1. The number of ether oxygens (including phenoxy) is 1. The minimum atomic E-state index is -0.600. The maximum atomic E-state index is 11.5. The van der Waals surface area contributed by atoms with Crippen molar-refractivity contribution in [2.24, 2.45) is 0 Å². The van der Waals surface area contributed by atoms with E-state index in [0.29, 0.717) is 5.56 Å². The molecule has 0 amide bonds. The van der Waals surface area contributed by atoms with Gasteiger partial charge in [-0.15, -0.1) is 5.92 Å². The molecule has 28 heavy (non-hydrogen) atoms. The molecular weight excluding hydrogens is 348 g/mol. The zero-order valence-corrected chi connectivity index (χ0v) is 15.6. The van der Waals surface area contributed by atoms with Crippen LogP contribution in [0, 0.1) is 23.7 Å². The molecule has 0 aliphatic carbocycles. The summed E-state index contributed by atoms with van der Waals surface area (Å²) in [4.78, 5) is 11.5. The molecule has 0 bridgehead atoms. The van der Waals surface area contributed by atoms with E-state index in [1.54, 1.807) is 19.1 Å². The molecule has 0 atom stereocenters. The zero-order chi connectivity index (χ0) is 19.9. The van der Waals surface area contributed by atoms with Crippen LogP contribution in [0.3, 0.4) is 0 Å². The predicted octanol–water partition coefficient (Wildman–Crippen LogP) is 4.62. The second kappa shape index (κ2) is 8.62. The Morgan fingerprint density at radius 3 is 2.25 bits per heavy atom. The van der Waals surface area contributed by atoms with Crippen LogP contribution in [0.2, 0.25) is 0 Å². The van der Waals surface area contributed by atoms with Crippen LogP contribution in [0.15, 0.2) is 66.7 Å². The smallest absolute Gasteiger partial charge is 0.384 e. The van der Waals surface area contributed by atoms with Crippen LogP contribution in [0.5, 0.6) is 5.75 Å². The van der Waals surface area contributed by atoms with E-state index in [-0.39, 0.29) is 5.75 Å². The van der Waals surface area contributed by atoms with E-state index in [2.05, 4.69) is 28.4 Å². The van der Waals surface area contributed by atoms with Crippen LogP contribution >= 0.6 is 0 Å². The first kappa shape index (κ1) is 18.8. The Bertz CT molecular complexity index is 1150. The number of aromatic hydroxyl groups is 1. The largest absolute Gasteiger partial charge is 0.507 e. The highest BCUT2D eigenvalue weighted by Crippen LogP contribution is 2.34. The highest BCUT2D eigenvalue weighted by molar-refractivity contribution is 5.90. The van der Waals surface area contributed by atoms with Crippen molar-refractivity contribution in [3.63, 3.8) is 0 Å². The molecule has 0 aliphatic rings. The molecule has 0 heterocycles. The van der Waals surface area contributed by atoms with Gasteiger partial charge in [-0.2, -0.15) is 0 Å². The molecule has 0 saturated carbocycles. The van der Waals surface area contributed by atoms with Crippen molar-refractivity contribution in [3.8, 4) is 51.7 Å². The van der Waals surface area contributed by atoms with Gasteiger partial charge in [0.2, 0.25) is 0 Å². The van der Waals surface area contributed by atoms with Crippen LogP contribution in [-0.2, 0) is 9.53 Å². The zero-order valence-electron chi connectivity index (χ0n) is 15.6. The number of phenolic OH excluding ortho intramolecular Hbond substituents is 1. The van der Waals surface area contributed by atoms with E-state index in [4.69, 9.17) is 0 Å². The lowest BCUT2D eigenvalue weighted by molar-refractivity contribution is -0.133. The molecular formula is C25H18O3. The molecule has 3 aromatic rings. The summed E-state index contributed by atoms with van der Waals surface area (Å²) in [6, 6.07) is 20.6. The number of benzene rings is 3. The third-order valence-corrected chi connectivity index (χ3v) is 4.20. The number of rotatable bonds is 2. The fourth-order valence-corrected chi connectivity index (χ4v) is 2.89. The Morgan fingerprint density at radius 1 is 0.857 bits per heavy atom. The number of hydrogen-bond acceptors (Lipinski definition) is 3. The van der Waals surface area contributed by atoms with Crippen LogP contribution in [0.4, 0.5) is 0 Å².